The number of aliphatic hydroxyl groups excluding tert-OH is 1. The number of hydrogen-bond acceptors (Lipinski definition) is 6. The summed E-state index contributed by atoms with van der Waals surface area (Å²) in [5.41, 5.74) is 2.86. The predicted molar refractivity (Wildman–Crippen MR) is 197 cm³/mol. The summed E-state index contributed by atoms with van der Waals surface area (Å²) in [6.07, 6.45) is 9.73. The van der Waals surface area contributed by atoms with Gasteiger partial charge in [0.2, 0.25) is 5.91 Å². The maximum absolute atomic E-state index is 13.2. The molecule has 2 heterocycles. The second-order valence-corrected chi connectivity index (χ2v) is 14.5. The summed E-state index contributed by atoms with van der Waals surface area (Å²) in [7, 11) is 0. The van der Waals surface area contributed by atoms with Gasteiger partial charge in [0.25, 0.3) is 0 Å². The zero-order chi connectivity index (χ0) is 37.3. The number of amides is 2. The van der Waals surface area contributed by atoms with Crippen LogP contribution >= 0.6 is 0 Å². The van der Waals surface area contributed by atoms with E-state index in [1.807, 2.05) is 30.3 Å². The lowest BCUT2D eigenvalue weighted by molar-refractivity contribution is -0.253. The summed E-state index contributed by atoms with van der Waals surface area (Å²) in [4.78, 5) is 28.3. The first-order valence-corrected chi connectivity index (χ1v) is 19.6. The molecule has 52 heavy (non-hydrogen) atoms. The third kappa shape index (κ3) is 13.1. The van der Waals surface area contributed by atoms with Crippen molar-refractivity contribution in [3.63, 3.8) is 0 Å². The fourth-order valence-electron chi connectivity index (χ4n) is 7.28. The van der Waals surface area contributed by atoms with Crippen molar-refractivity contribution in [2.75, 3.05) is 31.5 Å². The van der Waals surface area contributed by atoms with E-state index < -0.39 is 30.3 Å². The molecule has 0 saturated carbocycles. The van der Waals surface area contributed by atoms with Crippen molar-refractivity contribution >= 4 is 17.5 Å². The summed E-state index contributed by atoms with van der Waals surface area (Å²) in [5, 5.41) is 12.4. The number of nitrogens with zero attached hydrogens (tertiary/aromatic N) is 2. The minimum atomic E-state index is -5.04. The lowest BCUT2D eigenvalue weighted by atomic mass is 9.99. The predicted octanol–water partition coefficient (Wildman–Crippen LogP) is 9.24. The first kappa shape index (κ1) is 41.8. The van der Waals surface area contributed by atoms with E-state index in [-0.39, 0.29) is 31.8 Å². The number of carbonyl (C=O) groups is 2. The number of hydrogen-bond donors (Lipinski definition) is 2. The Bertz CT molecular complexity index is 1340. The van der Waals surface area contributed by atoms with Gasteiger partial charge in [0.1, 0.15) is 6.04 Å². The van der Waals surface area contributed by atoms with Gasteiger partial charge < -0.3 is 29.7 Å². The zero-order valence-corrected chi connectivity index (χ0v) is 31.2. The largest absolute Gasteiger partial charge is 0.471 e. The van der Waals surface area contributed by atoms with Crippen LogP contribution in [0.3, 0.4) is 0 Å². The molecule has 2 N–H and O–H groups in total. The van der Waals surface area contributed by atoms with Crippen LogP contribution in [-0.2, 0) is 25.7 Å². The summed E-state index contributed by atoms with van der Waals surface area (Å²) in [6, 6.07) is 13.6. The van der Waals surface area contributed by atoms with Crippen molar-refractivity contribution in [2.45, 2.75) is 147 Å². The SMILES string of the molecule is CCCCCCCCN(CCCCCCCC)C[C@@H]1C[C@H](c2ccc(CO)cc2)O[C@H](c2cccc(NC(=O)[C@@H]3CCCN3C(=O)C(F)(F)F)c2)O1. The number of aliphatic hydroxyl groups is 1. The number of halogens is 3. The minimum Gasteiger partial charge on any atom is -0.392 e. The van der Waals surface area contributed by atoms with Crippen LogP contribution in [0.1, 0.15) is 139 Å². The maximum atomic E-state index is 13.2. The molecule has 0 aliphatic carbocycles. The van der Waals surface area contributed by atoms with Gasteiger partial charge in [-0.3, -0.25) is 9.59 Å². The maximum Gasteiger partial charge on any atom is 0.471 e. The minimum absolute atomic E-state index is 0.0481. The number of carbonyl (C=O) groups excluding carboxylic acids is 2. The van der Waals surface area contributed by atoms with Gasteiger partial charge >= 0.3 is 12.1 Å². The van der Waals surface area contributed by atoms with E-state index in [0.717, 1.165) is 43.6 Å². The van der Waals surface area contributed by atoms with Gasteiger partial charge in [-0.15, -0.1) is 0 Å². The molecule has 290 valence electrons. The topological polar surface area (TPSA) is 91.3 Å². The van der Waals surface area contributed by atoms with Gasteiger partial charge in [-0.05, 0) is 62.0 Å². The fraction of sp³-hybridized carbons (Fsp3) is 0.659. The number of benzene rings is 2. The molecule has 2 fully saturated rings. The second-order valence-electron chi connectivity index (χ2n) is 14.5. The third-order valence-corrected chi connectivity index (χ3v) is 10.2. The molecule has 0 radical (unpaired) electrons. The Hall–Kier alpha value is -2.99. The molecular weight excluding hydrogens is 671 g/mol. The standard InChI is InChI=1S/C41H60F3N3O5/c1-3-5-7-9-11-13-24-46(25-14-12-10-8-6-4-2)29-35-28-37(32-22-20-31(30-48)21-23-32)52-39(51-35)33-17-15-18-34(27-33)45-38(49)36-19-16-26-47(36)40(50)41(42,43)44/h15,17-18,20-23,27,35-37,39,48H,3-14,16,19,24-26,28-30H2,1-2H3,(H,45,49)/t35-,36-,37+,39+/m0/s1. The Morgan fingerprint density at radius 1 is 0.865 bits per heavy atom. The molecule has 2 aromatic carbocycles. The number of rotatable bonds is 21. The Labute approximate surface area is 308 Å². The third-order valence-electron chi connectivity index (χ3n) is 10.2. The fourth-order valence-corrected chi connectivity index (χ4v) is 7.28. The molecule has 2 amide bonds. The highest BCUT2D eigenvalue weighted by Gasteiger charge is 2.47. The van der Waals surface area contributed by atoms with Crippen LogP contribution in [0.2, 0.25) is 0 Å². The highest BCUT2D eigenvalue weighted by molar-refractivity contribution is 5.98. The summed E-state index contributed by atoms with van der Waals surface area (Å²) < 4.78 is 52.8. The van der Waals surface area contributed by atoms with E-state index in [1.54, 1.807) is 18.2 Å². The number of nitrogens with one attached hydrogen (secondary N) is 1. The molecule has 8 nitrogen and oxygen atoms in total. The Kier molecular flexibility index (Phi) is 17.4. The molecule has 0 unspecified atom stereocenters. The van der Waals surface area contributed by atoms with Crippen LogP contribution in [0.4, 0.5) is 18.9 Å². The quantitative estimate of drug-likeness (QED) is 0.125. The van der Waals surface area contributed by atoms with Gasteiger partial charge in [-0.1, -0.05) is 114 Å². The molecule has 4 rings (SSSR count). The van der Waals surface area contributed by atoms with E-state index in [4.69, 9.17) is 9.47 Å². The van der Waals surface area contributed by atoms with Crippen molar-refractivity contribution in [2.24, 2.45) is 0 Å². The van der Waals surface area contributed by atoms with E-state index in [0.29, 0.717) is 29.0 Å². The molecular formula is C41H60F3N3O5. The van der Waals surface area contributed by atoms with Crippen LogP contribution in [0.25, 0.3) is 0 Å². The van der Waals surface area contributed by atoms with Crippen LogP contribution in [0.5, 0.6) is 0 Å². The summed E-state index contributed by atoms with van der Waals surface area (Å²) >= 11 is 0. The highest BCUT2D eigenvalue weighted by Crippen LogP contribution is 2.39. The van der Waals surface area contributed by atoms with Crippen molar-refractivity contribution < 1.29 is 37.3 Å². The monoisotopic (exact) mass is 731 g/mol. The van der Waals surface area contributed by atoms with Crippen molar-refractivity contribution in [1.82, 2.24) is 9.80 Å². The Morgan fingerprint density at radius 2 is 1.50 bits per heavy atom. The van der Waals surface area contributed by atoms with Crippen molar-refractivity contribution in [3.8, 4) is 0 Å². The molecule has 11 heteroatoms. The van der Waals surface area contributed by atoms with Gasteiger partial charge in [-0.2, -0.15) is 13.2 Å². The van der Waals surface area contributed by atoms with Gasteiger partial charge in [0, 0.05) is 30.8 Å². The van der Waals surface area contributed by atoms with Gasteiger partial charge in [0.15, 0.2) is 6.29 Å². The molecule has 2 aromatic rings. The number of anilines is 1. The molecule has 2 saturated heterocycles. The molecule has 0 bridgehead atoms. The molecule has 2 aliphatic rings. The lowest BCUT2D eigenvalue weighted by Gasteiger charge is -2.38. The number of ether oxygens (including phenoxy) is 2. The van der Waals surface area contributed by atoms with Crippen LogP contribution < -0.4 is 5.32 Å². The smallest absolute Gasteiger partial charge is 0.392 e. The average Bonchev–Trinajstić information content (AvgIpc) is 3.64. The van der Waals surface area contributed by atoms with Crippen LogP contribution in [-0.4, -0.2) is 71.2 Å². The number of likely N-dealkylation sites (tertiary alicyclic amines) is 1. The highest BCUT2D eigenvalue weighted by atomic mass is 19.4. The van der Waals surface area contributed by atoms with Crippen molar-refractivity contribution in [1.29, 1.82) is 0 Å². The Balaban J connectivity index is 1.49. The summed E-state index contributed by atoms with van der Waals surface area (Å²) in [6.45, 7) is 7.09. The molecule has 2 aliphatic heterocycles. The number of unbranched alkanes of at least 4 members (excludes halogenated alkanes) is 10. The molecule has 4 atom stereocenters. The van der Waals surface area contributed by atoms with Crippen LogP contribution in [0.15, 0.2) is 48.5 Å². The summed E-state index contributed by atoms with van der Waals surface area (Å²) in [5.74, 6) is -2.65. The van der Waals surface area contributed by atoms with Crippen LogP contribution in [0, 0.1) is 0 Å². The second kappa shape index (κ2) is 21.6. The van der Waals surface area contributed by atoms with E-state index in [1.165, 1.54) is 64.2 Å². The molecule has 0 aromatic heterocycles. The first-order chi connectivity index (χ1) is 25.1. The average molecular weight is 732 g/mol. The lowest BCUT2D eigenvalue weighted by Crippen LogP contribution is -2.48. The zero-order valence-electron chi connectivity index (χ0n) is 31.2. The van der Waals surface area contributed by atoms with E-state index in [2.05, 4.69) is 24.1 Å². The van der Waals surface area contributed by atoms with Crippen molar-refractivity contribution in [3.05, 3.63) is 65.2 Å². The first-order valence-electron chi connectivity index (χ1n) is 19.6. The molecule has 0 spiro atoms. The number of alkyl halides is 3. The Morgan fingerprint density at radius 3 is 2.12 bits per heavy atom. The normalized spacial score (nSPS) is 20.8. The van der Waals surface area contributed by atoms with Gasteiger partial charge in [0.05, 0.1) is 18.8 Å². The van der Waals surface area contributed by atoms with E-state index >= 15 is 0 Å². The van der Waals surface area contributed by atoms with Gasteiger partial charge in [-0.25, -0.2) is 0 Å². The van der Waals surface area contributed by atoms with E-state index in [9.17, 15) is 27.9 Å².